The summed E-state index contributed by atoms with van der Waals surface area (Å²) in [4.78, 5) is 0. The van der Waals surface area contributed by atoms with Gasteiger partial charge in [0.15, 0.2) is 0 Å². The molecule has 1 aliphatic rings. The van der Waals surface area contributed by atoms with Crippen LogP contribution in [0.5, 0.6) is 0 Å². The van der Waals surface area contributed by atoms with Crippen LogP contribution in [0.4, 0.5) is 0 Å². The molecule has 0 radical (unpaired) electrons. The first kappa shape index (κ1) is 9.96. The summed E-state index contributed by atoms with van der Waals surface area (Å²) in [6, 6.07) is 0.247. The quantitative estimate of drug-likeness (QED) is 0.646. The van der Waals surface area contributed by atoms with Crippen molar-refractivity contribution in [2.75, 3.05) is 26.9 Å². The van der Waals surface area contributed by atoms with Crippen molar-refractivity contribution >= 4 is 0 Å². The van der Waals surface area contributed by atoms with E-state index in [0.29, 0.717) is 5.92 Å². The van der Waals surface area contributed by atoms with E-state index in [1.807, 2.05) is 7.05 Å². The van der Waals surface area contributed by atoms with Gasteiger partial charge in [-0.15, -0.1) is 0 Å². The SMILES string of the molecule is CN[C@H](CO)CC1CCCOC1. The van der Waals surface area contributed by atoms with Crippen LogP contribution in [0.3, 0.4) is 0 Å². The molecule has 0 amide bonds. The van der Waals surface area contributed by atoms with E-state index in [1.165, 1.54) is 12.8 Å². The second kappa shape index (κ2) is 5.51. The molecule has 1 fully saturated rings. The standard InChI is InChI=1S/C9H19NO2/c1-10-9(6-11)5-8-3-2-4-12-7-8/h8-11H,2-7H2,1H3/t8?,9-/m0/s1. The third-order valence-electron chi connectivity index (χ3n) is 2.50. The average Bonchev–Trinajstić information content (AvgIpc) is 2.16. The molecule has 0 aromatic heterocycles. The molecule has 0 spiro atoms. The van der Waals surface area contributed by atoms with Crippen molar-refractivity contribution in [1.29, 1.82) is 0 Å². The second-order valence-corrected chi connectivity index (χ2v) is 3.49. The van der Waals surface area contributed by atoms with Crippen LogP contribution >= 0.6 is 0 Å². The van der Waals surface area contributed by atoms with Gasteiger partial charge in [0.05, 0.1) is 6.61 Å². The Morgan fingerprint density at radius 3 is 3.00 bits per heavy atom. The normalized spacial score (nSPS) is 27.0. The second-order valence-electron chi connectivity index (χ2n) is 3.49. The molecule has 0 saturated carbocycles. The number of ether oxygens (including phenoxy) is 1. The Morgan fingerprint density at radius 2 is 2.50 bits per heavy atom. The van der Waals surface area contributed by atoms with Crippen LogP contribution < -0.4 is 5.32 Å². The lowest BCUT2D eigenvalue weighted by molar-refractivity contribution is 0.0446. The Labute approximate surface area is 74.1 Å². The average molecular weight is 173 g/mol. The summed E-state index contributed by atoms with van der Waals surface area (Å²) in [7, 11) is 1.89. The summed E-state index contributed by atoms with van der Waals surface area (Å²) in [5.41, 5.74) is 0. The Morgan fingerprint density at radius 1 is 1.67 bits per heavy atom. The van der Waals surface area contributed by atoms with E-state index in [4.69, 9.17) is 9.84 Å². The lowest BCUT2D eigenvalue weighted by Crippen LogP contribution is -2.33. The summed E-state index contributed by atoms with van der Waals surface area (Å²) in [5, 5.41) is 12.0. The Bertz CT molecular complexity index is 109. The highest BCUT2D eigenvalue weighted by molar-refractivity contribution is 4.71. The molecule has 3 heteroatoms. The van der Waals surface area contributed by atoms with Crippen molar-refractivity contribution in [2.45, 2.75) is 25.3 Å². The predicted octanol–water partition coefficient (Wildman–Crippen LogP) is 0.383. The highest BCUT2D eigenvalue weighted by Crippen LogP contribution is 2.18. The summed E-state index contributed by atoms with van der Waals surface area (Å²) < 4.78 is 5.36. The van der Waals surface area contributed by atoms with Crippen molar-refractivity contribution in [1.82, 2.24) is 5.32 Å². The van der Waals surface area contributed by atoms with Gasteiger partial charge in [0.25, 0.3) is 0 Å². The molecule has 1 unspecified atom stereocenters. The molecule has 0 bridgehead atoms. The van der Waals surface area contributed by atoms with Crippen LogP contribution in [0.25, 0.3) is 0 Å². The fraction of sp³-hybridized carbons (Fsp3) is 1.00. The highest BCUT2D eigenvalue weighted by Gasteiger charge is 2.17. The summed E-state index contributed by atoms with van der Waals surface area (Å²) in [6.45, 7) is 2.02. The van der Waals surface area contributed by atoms with E-state index in [2.05, 4.69) is 5.32 Å². The van der Waals surface area contributed by atoms with Gasteiger partial charge in [0.2, 0.25) is 0 Å². The molecule has 1 saturated heterocycles. The summed E-state index contributed by atoms with van der Waals surface area (Å²) in [6.07, 6.45) is 3.46. The fourth-order valence-corrected chi connectivity index (χ4v) is 1.68. The number of aliphatic hydroxyl groups is 1. The van der Waals surface area contributed by atoms with E-state index in [9.17, 15) is 0 Å². The molecule has 0 aliphatic carbocycles. The van der Waals surface area contributed by atoms with Crippen molar-refractivity contribution in [3.8, 4) is 0 Å². The van der Waals surface area contributed by atoms with Crippen LogP contribution in [-0.4, -0.2) is 38.0 Å². The predicted molar refractivity (Wildman–Crippen MR) is 48.1 cm³/mol. The molecule has 1 aliphatic heterocycles. The van der Waals surface area contributed by atoms with Crippen LogP contribution in [0.15, 0.2) is 0 Å². The molecule has 2 atom stereocenters. The fourth-order valence-electron chi connectivity index (χ4n) is 1.68. The van der Waals surface area contributed by atoms with Crippen LogP contribution in [0, 0.1) is 5.92 Å². The number of hydrogen-bond donors (Lipinski definition) is 2. The molecular weight excluding hydrogens is 154 g/mol. The summed E-state index contributed by atoms with van der Waals surface area (Å²) >= 11 is 0. The third-order valence-corrected chi connectivity index (χ3v) is 2.50. The van der Waals surface area contributed by atoms with Crippen LogP contribution in [-0.2, 0) is 4.74 Å². The van der Waals surface area contributed by atoms with Crippen LogP contribution in [0.2, 0.25) is 0 Å². The molecular formula is C9H19NO2. The minimum atomic E-state index is 0.229. The van der Waals surface area contributed by atoms with Gasteiger partial charge in [-0.3, -0.25) is 0 Å². The van der Waals surface area contributed by atoms with Crippen molar-refractivity contribution < 1.29 is 9.84 Å². The van der Waals surface area contributed by atoms with Crippen molar-refractivity contribution in [3.63, 3.8) is 0 Å². The van der Waals surface area contributed by atoms with Crippen molar-refractivity contribution in [3.05, 3.63) is 0 Å². The molecule has 2 N–H and O–H groups in total. The summed E-state index contributed by atoms with van der Waals surface area (Å²) in [5.74, 6) is 0.642. The zero-order valence-electron chi connectivity index (χ0n) is 7.75. The van der Waals surface area contributed by atoms with E-state index in [0.717, 1.165) is 19.6 Å². The third kappa shape index (κ3) is 3.09. The maximum atomic E-state index is 8.95. The topological polar surface area (TPSA) is 41.5 Å². The van der Waals surface area contributed by atoms with Gasteiger partial charge in [-0.25, -0.2) is 0 Å². The van der Waals surface area contributed by atoms with E-state index >= 15 is 0 Å². The van der Waals surface area contributed by atoms with Gasteiger partial charge < -0.3 is 15.2 Å². The Balaban J connectivity index is 2.18. The van der Waals surface area contributed by atoms with Crippen LogP contribution in [0.1, 0.15) is 19.3 Å². The number of aliphatic hydroxyl groups excluding tert-OH is 1. The number of nitrogens with one attached hydrogen (secondary N) is 1. The van der Waals surface area contributed by atoms with Crippen molar-refractivity contribution in [2.24, 2.45) is 5.92 Å². The lowest BCUT2D eigenvalue weighted by atomic mass is 9.95. The van der Waals surface area contributed by atoms with Gasteiger partial charge in [-0.2, -0.15) is 0 Å². The zero-order chi connectivity index (χ0) is 8.81. The minimum absolute atomic E-state index is 0.229. The minimum Gasteiger partial charge on any atom is -0.395 e. The maximum absolute atomic E-state index is 8.95. The van der Waals surface area contributed by atoms with E-state index in [-0.39, 0.29) is 12.6 Å². The molecule has 0 aromatic carbocycles. The smallest absolute Gasteiger partial charge is 0.0584 e. The molecule has 3 nitrogen and oxygen atoms in total. The number of likely N-dealkylation sites (N-methyl/N-ethyl adjacent to an activating group) is 1. The first-order chi connectivity index (χ1) is 5.86. The Hall–Kier alpha value is -0.120. The Kier molecular flexibility index (Phi) is 4.58. The lowest BCUT2D eigenvalue weighted by Gasteiger charge is -2.25. The molecule has 12 heavy (non-hydrogen) atoms. The number of rotatable bonds is 4. The monoisotopic (exact) mass is 173 g/mol. The molecule has 1 heterocycles. The first-order valence-electron chi connectivity index (χ1n) is 4.72. The molecule has 1 rings (SSSR count). The molecule has 72 valence electrons. The van der Waals surface area contributed by atoms with Gasteiger partial charge in [0.1, 0.15) is 0 Å². The maximum Gasteiger partial charge on any atom is 0.0584 e. The molecule has 0 aromatic rings. The van der Waals surface area contributed by atoms with E-state index < -0.39 is 0 Å². The first-order valence-corrected chi connectivity index (χ1v) is 4.72. The van der Waals surface area contributed by atoms with E-state index in [1.54, 1.807) is 0 Å². The van der Waals surface area contributed by atoms with Gasteiger partial charge in [-0.1, -0.05) is 0 Å². The van der Waals surface area contributed by atoms with Gasteiger partial charge in [0, 0.05) is 19.3 Å². The largest absolute Gasteiger partial charge is 0.395 e. The van der Waals surface area contributed by atoms with Gasteiger partial charge in [-0.05, 0) is 32.2 Å². The highest BCUT2D eigenvalue weighted by atomic mass is 16.5. The van der Waals surface area contributed by atoms with Gasteiger partial charge >= 0.3 is 0 Å². The zero-order valence-corrected chi connectivity index (χ0v) is 7.75. The number of hydrogen-bond acceptors (Lipinski definition) is 3.